The van der Waals surface area contributed by atoms with Gasteiger partial charge in [-0.1, -0.05) is 18.2 Å². The monoisotopic (exact) mass is 354 g/mol. The topological polar surface area (TPSA) is 57.7 Å². The van der Waals surface area contributed by atoms with E-state index in [-0.39, 0.29) is 17.7 Å². The van der Waals surface area contributed by atoms with Crippen LogP contribution >= 0.6 is 11.8 Å². The highest BCUT2D eigenvalue weighted by Crippen LogP contribution is 2.21. The maximum Gasteiger partial charge on any atom is 0.233 e. The largest absolute Gasteiger partial charge is 0.339 e. The number of piperazine rings is 1. The van der Waals surface area contributed by atoms with Crippen LogP contribution in [0.5, 0.6) is 0 Å². The minimum absolute atomic E-state index is 0.149. The van der Waals surface area contributed by atoms with E-state index in [0.29, 0.717) is 24.6 Å². The Morgan fingerprint density at radius 1 is 1.13 bits per heavy atom. The second-order valence-electron chi connectivity index (χ2n) is 6.08. The van der Waals surface area contributed by atoms with E-state index in [1.807, 2.05) is 35.2 Å². The highest BCUT2D eigenvalue weighted by Gasteiger charge is 2.34. The van der Waals surface area contributed by atoms with Gasteiger partial charge in [0.2, 0.25) is 5.91 Å². The molecule has 1 amide bonds. The van der Waals surface area contributed by atoms with Crippen molar-refractivity contribution in [1.82, 2.24) is 9.80 Å². The zero-order chi connectivity index (χ0) is 16.3. The average Bonchev–Trinajstić information content (AvgIpc) is 2.94. The molecule has 3 rings (SSSR count). The lowest BCUT2D eigenvalue weighted by molar-refractivity contribution is -0.130. The third-order valence-corrected chi connectivity index (χ3v) is 7.24. The Labute approximate surface area is 141 Å². The number of carbonyl (C=O) groups is 1. The van der Waals surface area contributed by atoms with E-state index in [0.717, 1.165) is 24.4 Å². The highest BCUT2D eigenvalue weighted by atomic mass is 32.2. The van der Waals surface area contributed by atoms with E-state index in [4.69, 9.17) is 0 Å². The Kier molecular flexibility index (Phi) is 5.28. The summed E-state index contributed by atoms with van der Waals surface area (Å²) in [6, 6.07) is 10.1. The number of amides is 1. The molecule has 2 aliphatic heterocycles. The van der Waals surface area contributed by atoms with Gasteiger partial charge >= 0.3 is 0 Å². The van der Waals surface area contributed by atoms with Crippen LogP contribution in [0.2, 0.25) is 0 Å². The smallest absolute Gasteiger partial charge is 0.233 e. The molecular formula is C16H22N2O3S2. The number of rotatable bonds is 4. The van der Waals surface area contributed by atoms with Gasteiger partial charge in [0, 0.05) is 37.1 Å². The van der Waals surface area contributed by atoms with Crippen molar-refractivity contribution < 1.29 is 13.2 Å². The van der Waals surface area contributed by atoms with Crippen LogP contribution in [0, 0.1) is 0 Å². The molecule has 23 heavy (non-hydrogen) atoms. The summed E-state index contributed by atoms with van der Waals surface area (Å²) in [5.74, 6) is 1.22. The van der Waals surface area contributed by atoms with Crippen molar-refractivity contribution in [2.75, 3.05) is 43.4 Å². The van der Waals surface area contributed by atoms with Crippen LogP contribution in [0.1, 0.15) is 6.42 Å². The number of sulfone groups is 1. The Bertz CT molecular complexity index is 641. The molecule has 0 aliphatic carbocycles. The fourth-order valence-corrected chi connectivity index (χ4v) is 5.74. The van der Waals surface area contributed by atoms with Gasteiger partial charge in [-0.25, -0.2) is 8.42 Å². The molecule has 0 saturated carbocycles. The average molecular weight is 354 g/mol. The molecule has 2 aliphatic rings. The van der Waals surface area contributed by atoms with Crippen molar-refractivity contribution in [2.45, 2.75) is 17.4 Å². The first-order valence-corrected chi connectivity index (χ1v) is 10.7. The predicted octanol–water partition coefficient (Wildman–Crippen LogP) is 1.11. The summed E-state index contributed by atoms with van der Waals surface area (Å²) >= 11 is 1.56. The highest BCUT2D eigenvalue weighted by molar-refractivity contribution is 8.00. The van der Waals surface area contributed by atoms with Gasteiger partial charge in [-0.05, 0) is 18.6 Å². The molecule has 1 atom stereocenters. The quantitative estimate of drug-likeness (QED) is 0.758. The van der Waals surface area contributed by atoms with Crippen molar-refractivity contribution in [3.8, 4) is 0 Å². The number of hydrogen-bond acceptors (Lipinski definition) is 5. The van der Waals surface area contributed by atoms with Crippen molar-refractivity contribution >= 4 is 27.5 Å². The molecule has 5 nitrogen and oxygen atoms in total. The van der Waals surface area contributed by atoms with Crippen molar-refractivity contribution in [1.29, 1.82) is 0 Å². The second-order valence-corrected chi connectivity index (χ2v) is 9.35. The van der Waals surface area contributed by atoms with Gasteiger partial charge in [0.05, 0.1) is 17.3 Å². The molecule has 0 N–H and O–H groups in total. The number of carbonyl (C=O) groups excluding carboxylic acids is 1. The zero-order valence-corrected chi connectivity index (χ0v) is 14.7. The number of benzene rings is 1. The zero-order valence-electron chi connectivity index (χ0n) is 13.1. The van der Waals surface area contributed by atoms with Gasteiger partial charge < -0.3 is 4.90 Å². The van der Waals surface area contributed by atoms with Crippen molar-refractivity contribution in [3.05, 3.63) is 30.3 Å². The molecule has 0 unspecified atom stereocenters. The summed E-state index contributed by atoms with van der Waals surface area (Å²) in [5, 5.41) is 0. The van der Waals surface area contributed by atoms with Crippen LogP contribution in [-0.4, -0.2) is 73.6 Å². The third kappa shape index (κ3) is 4.49. The minimum Gasteiger partial charge on any atom is -0.339 e. The third-order valence-electron chi connectivity index (χ3n) is 4.50. The summed E-state index contributed by atoms with van der Waals surface area (Å²) in [4.78, 5) is 17.5. The first kappa shape index (κ1) is 16.8. The molecule has 2 saturated heterocycles. The molecule has 126 valence electrons. The molecular weight excluding hydrogens is 332 g/mol. The van der Waals surface area contributed by atoms with Crippen molar-refractivity contribution in [2.24, 2.45) is 0 Å². The minimum atomic E-state index is -2.84. The van der Waals surface area contributed by atoms with Crippen LogP contribution < -0.4 is 0 Å². The van der Waals surface area contributed by atoms with E-state index >= 15 is 0 Å². The molecule has 0 aromatic heterocycles. The first-order valence-electron chi connectivity index (χ1n) is 7.94. The maximum absolute atomic E-state index is 12.3. The van der Waals surface area contributed by atoms with Crippen LogP contribution in [-0.2, 0) is 14.6 Å². The molecule has 0 spiro atoms. The SMILES string of the molecule is O=C(CSc1ccccc1)N1CCN([C@@H]2CCS(=O)(=O)C2)CC1. The second kappa shape index (κ2) is 7.23. The lowest BCUT2D eigenvalue weighted by atomic mass is 10.2. The molecule has 0 bridgehead atoms. The Balaban J connectivity index is 1.44. The molecule has 0 radical (unpaired) electrons. The Morgan fingerprint density at radius 3 is 2.43 bits per heavy atom. The molecule has 1 aromatic rings. The van der Waals surface area contributed by atoms with Gasteiger partial charge in [0.15, 0.2) is 9.84 Å². The van der Waals surface area contributed by atoms with Gasteiger partial charge in [-0.2, -0.15) is 0 Å². The summed E-state index contributed by atoms with van der Waals surface area (Å²) in [5.41, 5.74) is 0. The summed E-state index contributed by atoms with van der Waals surface area (Å²) in [6.45, 7) is 2.96. The van der Waals surface area contributed by atoms with E-state index < -0.39 is 9.84 Å². The molecule has 2 fully saturated rings. The van der Waals surface area contributed by atoms with Gasteiger partial charge in [0.1, 0.15) is 0 Å². The van der Waals surface area contributed by atoms with Gasteiger partial charge in [0.25, 0.3) is 0 Å². The molecule has 7 heteroatoms. The molecule has 1 aromatic carbocycles. The van der Waals surface area contributed by atoms with Crippen LogP contribution in [0.15, 0.2) is 35.2 Å². The number of nitrogens with zero attached hydrogens (tertiary/aromatic N) is 2. The lowest BCUT2D eigenvalue weighted by Crippen LogP contribution is -2.52. The van der Waals surface area contributed by atoms with Crippen LogP contribution in [0.4, 0.5) is 0 Å². The van der Waals surface area contributed by atoms with Gasteiger partial charge in [-0.3, -0.25) is 9.69 Å². The lowest BCUT2D eigenvalue weighted by Gasteiger charge is -2.37. The Hall–Kier alpha value is -1.05. The van der Waals surface area contributed by atoms with Crippen LogP contribution in [0.25, 0.3) is 0 Å². The normalized spacial score (nSPS) is 24.7. The molecule has 2 heterocycles. The fourth-order valence-electron chi connectivity index (χ4n) is 3.15. The van der Waals surface area contributed by atoms with Gasteiger partial charge in [-0.15, -0.1) is 11.8 Å². The summed E-state index contributed by atoms with van der Waals surface area (Å²) in [7, 11) is -2.84. The van der Waals surface area contributed by atoms with Crippen molar-refractivity contribution in [3.63, 3.8) is 0 Å². The standard InChI is InChI=1S/C16H22N2O3S2/c19-16(12-22-15-4-2-1-3-5-15)18-9-7-17(8-10-18)14-6-11-23(20,21)13-14/h1-5,14H,6-13H2/t14-/m1/s1. The number of thioether (sulfide) groups is 1. The van der Waals surface area contributed by atoms with E-state index in [1.54, 1.807) is 11.8 Å². The predicted molar refractivity (Wildman–Crippen MR) is 92.4 cm³/mol. The van der Waals surface area contributed by atoms with Crippen LogP contribution in [0.3, 0.4) is 0 Å². The summed E-state index contributed by atoms with van der Waals surface area (Å²) in [6.07, 6.45) is 0.736. The fraction of sp³-hybridized carbons (Fsp3) is 0.562. The first-order chi connectivity index (χ1) is 11.0. The van der Waals surface area contributed by atoms with E-state index in [1.165, 1.54) is 0 Å². The summed E-state index contributed by atoms with van der Waals surface area (Å²) < 4.78 is 23.2. The Morgan fingerprint density at radius 2 is 1.83 bits per heavy atom. The van der Waals surface area contributed by atoms with E-state index in [2.05, 4.69) is 4.90 Å². The van der Waals surface area contributed by atoms with E-state index in [9.17, 15) is 13.2 Å². The maximum atomic E-state index is 12.3. The number of hydrogen-bond donors (Lipinski definition) is 0.